The van der Waals surface area contributed by atoms with Gasteiger partial charge in [0.05, 0.1) is 0 Å². The Bertz CT molecular complexity index is 34.2. The summed E-state index contributed by atoms with van der Waals surface area (Å²) in [5, 5.41) is 0. The maximum absolute atomic E-state index is 3.78. The molecule has 0 saturated heterocycles. The van der Waals surface area contributed by atoms with Gasteiger partial charge in [-0.15, -0.1) is 0 Å². The van der Waals surface area contributed by atoms with E-state index in [1.54, 1.807) is 0 Å². The van der Waals surface area contributed by atoms with Crippen molar-refractivity contribution in [3.05, 3.63) is 6.92 Å². The quantitative estimate of drug-likeness (QED) is 0.427. The van der Waals surface area contributed by atoms with Crippen molar-refractivity contribution in [2.45, 2.75) is 45.4 Å². The van der Waals surface area contributed by atoms with Crippen LogP contribution in [-0.2, 0) is 0 Å². The zero-order chi connectivity index (χ0) is 6.24. The number of hydrogen-bond donors (Lipinski definition) is 0. The summed E-state index contributed by atoms with van der Waals surface area (Å²) in [7, 11) is 0. The molecule has 2 N–H and O–H groups in total. The molecule has 0 aromatic carbocycles. The van der Waals surface area contributed by atoms with E-state index in [-0.39, 0.29) is 35.0 Å². The van der Waals surface area contributed by atoms with Gasteiger partial charge in [0.25, 0.3) is 0 Å². The van der Waals surface area contributed by atoms with Crippen molar-refractivity contribution in [1.82, 2.24) is 0 Å². The van der Waals surface area contributed by atoms with Crippen LogP contribution in [0.4, 0.5) is 0 Å². The third-order valence-electron chi connectivity index (χ3n) is 1.35. The molecule has 0 atom stereocenters. The van der Waals surface area contributed by atoms with E-state index in [9.17, 15) is 0 Å². The minimum atomic E-state index is 0. The van der Waals surface area contributed by atoms with E-state index in [1.165, 1.54) is 32.1 Å². The second-order valence-electron chi connectivity index (χ2n) is 2.27. The normalized spacial score (nSPS) is 7.80. The fourth-order valence-corrected chi connectivity index (χ4v) is 0.780. The van der Waals surface area contributed by atoms with Crippen LogP contribution in [0.25, 0.3) is 0 Å². The average Bonchev–Trinajstić information content (AvgIpc) is 1.81. The van der Waals surface area contributed by atoms with Crippen molar-refractivity contribution in [2.75, 3.05) is 0 Å². The van der Waals surface area contributed by atoms with Crippen molar-refractivity contribution >= 4 is 29.6 Å². The molecule has 0 fully saturated rings. The molecule has 0 saturated carbocycles. The van der Waals surface area contributed by atoms with Crippen LogP contribution in [0.3, 0.4) is 0 Å². The van der Waals surface area contributed by atoms with Gasteiger partial charge in [0.1, 0.15) is 0 Å². The van der Waals surface area contributed by atoms with Crippen LogP contribution in [0.15, 0.2) is 0 Å². The van der Waals surface area contributed by atoms with E-state index in [0.29, 0.717) is 0 Å². The van der Waals surface area contributed by atoms with Gasteiger partial charge in [-0.2, -0.15) is 0 Å². The molecular formula is C8H20NaO. The van der Waals surface area contributed by atoms with Crippen LogP contribution in [0.2, 0.25) is 0 Å². The molecule has 0 bridgehead atoms. The monoisotopic (exact) mass is 155 g/mol. The summed E-state index contributed by atoms with van der Waals surface area (Å²) in [6.45, 7) is 6.02. The summed E-state index contributed by atoms with van der Waals surface area (Å²) in [4.78, 5) is 0. The first-order valence-corrected chi connectivity index (χ1v) is 3.71. The Morgan fingerprint density at radius 3 is 1.90 bits per heavy atom. The second-order valence-corrected chi connectivity index (χ2v) is 2.27. The molecule has 0 heterocycles. The zero-order valence-corrected chi connectivity index (χ0v) is 6.45. The second kappa shape index (κ2) is 16.5. The van der Waals surface area contributed by atoms with Crippen LogP contribution in [0, 0.1) is 6.92 Å². The standard InChI is InChI=1S/C8H17.Na.H2O.H/c1-3-5-7-8-6-4-2;;;/h1,3-8H2,2H3;;1H2;. The third kappa shape index (κ3) is 16.0. The van der Waals surface area contributed by atoms with Gasteiger partial charge in [-0.3, -0.25) is 0 Å². The molecular weight excluding hydrogens is 135 g/mol. The van der Waals surface area contributed by atoms with Gasteiger partial charge in [-0.1, -0.05) is 52.4 Å². The molecule has 0 spiro atoms. The molecule has 1 nitrogen and oxygen atoms in total. The van der Waals surface area contributed by atoms with E-state index < -0.39 is 0 Å². The molecule has 0 aromatic rings. The first-order chi connectivity index (χ1) is 3.91. The van der Waals surface area contributed by atoms with Crippen molar-refractivity contribution < 1.29 is 5.48 Å². The van der Waals surface area contributed by atoms with Crippen LogP contribution in [-0.4, -0.2) is 35.0 Å². The summed E-state index contributed by atoms with van der Waals surface area (Å²) in [6, 6.07) is 0. The van der Waals surface area contributed by atoms with Crippen molar-refractivity contribution in [3.8, 4) is 0 Å². The van der Waals surface area contributed by atoms with Crippen LogP contribution < -0.4 is 0 Å². The van der Waals surface area contributed by atoms with E-state index >= 15 is 0 Å². The van der Waals surface area contributed by atoms with Crippen LogP contribution in [0.5, 0.6) is 0 Å². The average molecular weight is 155 g/mol. The number of unbranched alkanes of at least 4 members (excludes halogenated alkanes) is 5. The molecule has 0 rings (SSSR count). The number of hydrogen-bond acceptors (Lipinski definition) is 0. The Labute approximate surface area is 87.2 Å². The van der Waals surface area contributed by atoms with E-state index in [4.69, 9.17) is 0 Å². The van der Waals surface area contributed by atoms with Gasteiger partial charge >= 0.3 is 29.6 Å². The Kier molecular flexibility index (Phi) is 28.3. The molecule has 1 radical (unpaired) electrons. The van der Waals surface area contributed by atoms with Crippen LogP contribution in [0.1, 0.15) is 45.4 Å². The third-order valence-corrected chi connectivity index (χ3v) is 1.35. The molecule has 0 amide bonds. The predicted molar refractivity (Wildman–Crippen MR) is 49.5 cm³/mol. The van der Waals surface area contributed by atoms with Gasteiger partial charge in [0.15, 0.2) is 0 Å². The van der Waals surface area contributed by atoms with Crippen molar-refractivity contribution in [1.29, 1.82) is 0 Å². The fourth-order valence-electron chi connectivity index (χ4n) is 0.780. The predicted octanol–water partition coefficient (Wildman–Crippen LogP) is 1.71. The van der Waals surface area contributed by atoms with Crippen LogP contribution >= 0.6 is 0 Å². The Morgan fingerprint density at radius 1 is 1.00 bits per heavy atom. The van der Waals surface area contributed by atoms with Gasteiger partial charge in [0.2, 0.25) is 0 Å². The zero-order valence-electron chi connectivity index (χ0n) is 6.45. The van der Waals surface area contributed by atoms with Crippen molar-refractivity contribution in [2.24, 2.45) is 0 Å². The molecule has 59 valence electrons. The van der Waals surface area contributed by atoms with Gasteiger partial charge in [-0.25, -0.2) is 0 Å². The summed E-state index contributed by atoms with van der Waals surface area (Å²) in [5.41, 5.74) is 0. The van der Waals surface area contributed by atoms with E-state index in [1.807, 2.05) is 0 Å². The summed E-state index contributed by atoms with van der Waals surface area (Å²) in [6.07, 6.45) is 7.98. The molecule has 0 aliphatic rings. The van der Waals surface area contributed by atoms with Gasteiger partial charge < -0.3 is 5.48 Å². The maximum atomic E-state index is 3.78. The minimum absolute atomic E-state index is 0. The molecule has 2 heteroatoms. The molecule has 0 unspecified atom stereocenters. The molecule has 10 heavy (non-hydrogen) atoms. The summed E-state index contributed by atoms with van der Waals surface area (Å²) < 4.78 is 0. The fraction of sp³-hybridized carbons (Fsp3) is 0.875. The van der Waals surface area contributed by atoms with E-state index in [0.717, 1.165) is 6.42 Å². The summed E-state index contributed by atoms with van der Waals surface area (Å²) >= 11 is 0. The van der Waals surface area contributed by atoms with E-state index in [2.05, 4.69) is 13.8 Å². The first kappa shape index (κ1) is 17.2. The Morgan fingerprint density at radius 2 is 1.50 bits per heavy atom. The Balaban J connectivity index is -0.000000245. The summed E-state index contributed by atoms with van der Waals surface area (Å²) in [5.74, 6) is 0. The van der Waals surface area contributed by atoms with Crippen molar-refractivity contribution in [3.63, 3.8) is 0 Å². The molecule has 0 aromatic heterocycles. The number of rotatable bonds is 5. The molecule has 0 aliphatic heterocycles. The Hall–Kier alpha value is 0.960. The van der Waals surface area contributed by atoms with Gasteiger partial charge in [-0.05, 0) is 0 Å². The first-order valence-electron chi connectivity index (χ1n) is 3.71. The van der Waals surface area contributed by atoms with Gasteiger partial charge in [0, 0.05) is 0 Å². The molecule has 0 aliphatic carbocycles. The SMILES string of the molecule is O.[CH2]CCCCCCC.[NaH]. The topological polar surface area (TPSA) is 31.5 Å².